The van der Waals surface area contributed by atoms with E-state index in [1.165, 1.54) is 0 Å². The Morgan fingerprint density at radius 2 is 0.621 bits per heavy atom. The summed E-state index contributed by atoms with van der Waals surface area (Å²) in [6, 6.07) is 102. The predicted octanol–water partition coefficient (Wildman–Crippen LogP) is 20.8. The number of furan rings is 2. The van der Waals surface area contributed by atoms with Crippen LogP contribution in [0, 0.1) is 18.2 Å². The van der Waals surface area contributed by atoms with Gasteiger partial charge in [0.05, 0.1) is 0 Å². The minimum absolute atomic E-state index is 0. The van der Waals surface area contributed by atoms with E-state index >= 15 is 0 Å². The molecule has 6 heterocycles. The van der Waals surface area contributed by atoms with Crippen molar-refractivity contribution < 1.29 is 28.9 Å². The van der Waals surface area contributed by atoms with Crippen LogP contribution in [0.2, 0.25) is 0 Å². The van der Waals surface area contributed by atoms with E-state index in [-0.39, 0.29) is 20.1 Å². The number of rotatable bonds is 11. The molecule has 0 saturated carbocycles. The second kappa shape index (κ2) is 22.6. The van der Waals surface area contributed by atoms with Gasteiger partial charge in [0, 0.05) is 51.3 Å². The largest absolute Gasteiger partial charge is 3.00 e. The Morgan fingerprint density at radius 1 is 0.253 bits per heavy atom. The third kappa shape index (κ3) is 9.62. The van der Waals surface area contributed by atoms with Gasteiger partial charge in [-0.1, -0.05) is 222 Å². The molecule has 0 unspecified atom stereocenters. The monoisotopic (exact) mass is 1290 g/mol. The topological polar surface area (TPSA) is 77.8 Å². The van der Waals surface area contributed by atoms with Crippen LogP contribution in [0.25, 0.3) is 167 Å². The zero-order valence-corrected chi connectivity index (χ0v) is 49.0. The molecule has 7 heteroatoms. The van der Waals surface area contributed by atoms with E-state index in [9.17, 15) is 0 Å². The van der Waals surface area contributed by atoms with Gasteiger partial charge in [-0.25, -0.2) is 0 Å². The van der Waals surface area contributed by atoms with Crippen LogP contribution in [-0.4, -0.2) is 19.9 Å². The fourth-order valence-electron chi connectivity index (χ4n) is 12.3. The van der Waals surface area contributed by atoms with Crippen LogP contribution in [-0.2, 0) is 20.1 Å². The number of benzene rings is 10. The maximum atomic E-state index is 6.80. The Balaban J connectivity index is 0.00000638. The molecule has 0 radical (unpaired) electrons. The Bertz CT molecular complexity index is 4970. The average molecular weight is 1290 g/mol. The van der Waals surface area contributed by atoms with Gasteiger partial charge in [-0.15, -0.1) is 65.2 Å². The standard InChI is InChI=1S/C80H47N4O2.Ir/c1-4-22-60(62-39-36-51(73-31-11-14-42-81-73)48-71(62)69-29-17-27-67-65-25-7-9-34-77(65)85-79(67)69)57(19-1)54-45-55(47-56(46-54)59-21-3-6-24-64(59)76-41-38-53(50-84-76)75-33-13-16-44-83-75)58-20-2-5-23-61(58)63-40-37-52(74-32-12-15-43-82-74)49-72(63)70-30-18-28-68-66-26-8-10-35-78(66)86-80(68)70;/h1-35,39-50H;/q-3;+3. The summed E-state index contributed by atoms with van der Waals surface area (Å²) in [5.41, 5.74) is 24.4. The van der Waals surface area contributed by atoms with E-state index in [1.807, 2.05) is 104 Å². The van der Waals surface area contributed by atoms with Crippen LogP contribution in [0.3, 0.4) is 0 Å². The van der Waals surface area contributed by atoms with Crippen LogP contribution >= 0.6 is 0 Å². The van der Waals surface area contributed by atoms with Gasteiger partial charge in [0.1, 0.15) is 22.3 Å². The van der Waals surface area contributed by atoms with Crippen molar-refractivity contribution in [2.75, 3.05) is 0 Å². The molecule has 87 heavy (non-hydrogen) atoms. The molecule has 0 aliphatic heterocycles. The number of hydrogen-bond donors (Lipinski definition) is 0. The molecule has 0 bridgehead atoms. The first-order valence-electron chi connectivity index (χ1n) is 28.6. The summed E-state index contributed by atoms with van der Waals surface area (Å²) in [6.07, 6.45) is 7.32. The summed E-state index contributed by atoms with van der Waals surface area (Å²) in [7, 11) is 0. The van der Waals surface area contributed by atoms with Gasteiger partial charge in [0.2, 0.25) is 0 Å². The second-order valence-corrected chi connectivity index (χ2v) is 21.3. The molecule has 6 nitrogen and oxygen atoms in total. The zero-order chi connectivity index (χ0) is 56.9. The van der Waals surface area contributed by atoms with Crippen LogP contribution in [0.4, 0.5) is 0 Å². The van der Waals surface area contributed by atoms with Crippen molar-refractivity contribution in [3.8, 4) is 123 Å². The van der Waals surface area contributed by atoms with Crippen molar-refractivity contribution in [2.45, 2.75) is 0 Å². The van der Waals surface area contributed by atoms with Crippen LogP contribution < -0.4 is 0 Å². The molecular formula is C80H47IrN4O2. The first-order chi connectivity index (χ1) is 42.6. The first kappa shape index (κ1) is 52.8. The molecule has 0 spiro atoms. The Morgan fingerprint density at radius 3 is 1.06 bits per heavy atom. The minimum atomic E-state index is 0. The Kier molecular flexibility index (Phi) is 13.7. The van der Waals surface area contributed by atoms with Crippen molar-refractivity contribution in [3.05, 3.63) is 304 Å². The summed E-state index contributed by atoms with van der Waals surface area (Å²) in [6.45, 7) is 0. The first-order valence-corrected chi connectivity index (χ1v) is 28.6. The van der Waals surface area contributed by atoms with Gasteiger partial charge in [-0.2, -0.15) is 0 Å². The maximum Gasteiger partial charge on any atom is 3.00 e. The van der Waals surface area contributed by atoms with E-state index < -0.39 is 0 Å². The van der Waals surface area contributed by atoms with Crippen molar-refractivity contribution in [2.24, 2.45) is 0 Å². The van der Waals surface area contributed by atoms with Gasteiger partial charge >= 0.3 is 20.1 Å². The fourth-order valence-corrected chi connectivity index (χ4v) is 12.3. The normalized spacial score (nSPS) is 11.4. The fraction of sp³-hybridized carbons (Fsp3) is 0. The molecule has 0 amide bonds. The van der Waals surface area contributed by atoms with E-state index in [1.54, 1.807) is 6.20 Å². The van der Waals surface area contributed by atoms with Crippen molar-refractivity contribution >= 4 is 43.9 Å². The SMILES string of the molecule is [Ir+3].[c-]1cc(-c2ccccc2-c2cc(-c3ccccc3-c3c[c-]c(-c4ccccn4)cc3-c3cccc4c3oc3ccccc34)cc(-c3ccccc3-c3c[c-]c(-c4ccccn4)cc3-c3cccc4c3oc3ccccc34)c2)ncc1-c1ccccn1. The van der Waals surface area contributed by atoms with Gasteiger partial charge in [0.25, 0.3) is 0 Å². The van der Waals surface area contributed by atoms with Gasteiger partial charge in [-0.05, 0) is 110 Å². The maximum absolute atomic E-state index is 6.80. The molecule has 10 aromatic carbocycles. The molecule has 0 atom stereocenters. The van der Waals surface area contributed by atoms with E-state index in [0.29, 0.717) is 0 Å². The molecule has 6 aromatic heterocycles. The molecule has 0 saturated heterocycles. The quantitative estimate of drug-likeness (QED) is 0.120. The number of aromatic nitrogens is 4. The summed E-state index contributed by atoms with van der Waals surface area (Å²) in [4.78, 5) is 19.3. The number of para-hydroxylation sites is 4. The zero-order valence-electron chi connectivity index (χ0n) is 46.6. The molecule has 0 N–H and O–H groups in total. The molecule has 0 aliphatic carbocycles. The van der Waals surface area contributed by atoms with Crippen molar-refractivity contribution in [1.82, 2.24) is 19.9 Å². The number of hydrogen-bond acceptors (Lipinski definition) is 6. The van der Waals surface area contributed by atoms with E-state index in [4.69, 9.17) is 23.8 Å². The van der Waals surface area contributed by atoms with Crippen LogP contribution in [0.15, 0.2) is 294 Å². The number of fused-ring (bicyclic) bond motifs is 6. The van der Waals surface area contributed by atoms with Crippen LogP contribution in [0.1, 0.15) is 0 Å². The second-order valence-electron chi connectivity index (χ2n) is 21.3. The summed E-state index contributed by atoms with van der Waals surface area (Å²) >= 11 is 0. The van der Waals surface area contributed by atoms with Crippen LogP contribution in [0.5, 0.6) is 0 Å². The minimum Gasteiger partial charge on any atom is -0.455 e. The third-order valence-electron chi connectivity index (χ3n) is 16.3. The number of nitrogens with zero attached hydrogens (tertiary/aromatic N) is 4. The molecule has 16 aromatic rings. The number of pyridine rings is 4. The molecule has 408 valence electrons. The predicted molar refractivity (Wildman–Crippen MR) is 348 cm³/mol. The van der Waals surface area contributed by atoms with E-state index in [2.05, 4.69) is 199 Å². The van der Waals surface area contributed by atoms with E-state index in [0.717, 1.165) is 167 Å². The van der Waals surface area contributed by atoms with Gasteiger partial charge < -0.3 is 28.8 Å². The summed E-state index contributed by atoms with van der Waals surface area (Å²) < 4.78 is 13.6. The summed E-state index contributed by atoms with van der Waals surface area (Å²) in [5, 5.41) is 4.25. The molecule has 0 fully saturated rings. The van der Waals surface area contributed by atoms with Gasteiger partial charge in [0.15, 0.2) is 0 Å². The van der Waals surface area contributed by atoms with Crippen molar-refractivity contribution in [3.63, 3.8) is 0 Å². The van der Waals surface area contributed by atoms with Gasteiger partial charge in [-0.3, -0.25) is 0 Å². The smallest absolute Gasteiger partial charge is 0.455 e. The molecule has 0 aliphatic rings. The third-order valence-corrected chi connectivity index (χ3v) is 16.3. The molecule has 16 rings (SSSR count). The Hall–Kier alpha value is -11.0. The molecular weight excluding hydrogens is 1240 g/mol. The summed E-state index contributed by atoms with van der Waals surface area (Å²) in [5.74, 6) is 0. The average Bonchev–Trinajstić information content (AvgIpc) is 2.81. The van der Waals surface area contributed by atoms with Crippen molar-refractivity contribution in [1.29, 1.82) is 0 Å². The Labute approximate surface area is 516 Å².